The zero-order valence-electron chi connectivity index (χ0n) is 18.2. The average molecular weight is 404 g/mol. The van der Waals surface area contributed by atoms with Gasteiger partial charge in [0.25, 0.3) is 0 Å². The maximum absolute atomic E-state index is 8.82. The topological polar surface area (TPSA) is 62.3 Å². The summed E-state index contributed by atoms with van der Waals surface area (Å²) in [5.74, 6) is 0.752. The molecular weight excluding hydrogens is 366 g/mol. The summed E-state index contributed by atoms with van der Waals surface area (Å²) >= 11 is 0.987. The van der Waals surface area contributed by atoms with Crippen LogP contribution in [0, 0.1) is 17.2 Å². The fraction of sp³-hybridized carbons (Fsp3) is 0.609. The molecule has 156 valence electrons. The number of nitrogens with two attached hydrogens (primary N) is 1. The third-order valence-electron chi connectivity index (χ3n) is 4.38. The summed E-state index contributed by atoms with van der Waals surface area (Å²) < 4.78 is 5.54. The van der Waals surface area contributed by atoms with Crippen molar-refractivity contribution >= 4 is 23.7 Å². The van der Waals surface area contributed by atoms with E-state index >= 15 is 0 Å². The lowest BCUT2D eigenvalue weighted by atomic mass is 10.1. The molecule has 1 saturated heterocycles. The van der Waals surface area contributed by atoms with Gasteiger partial charge in [-0.25, -0.2) is 0 Å². The van der Waals surface area contributed by atoms with Gasteiger partial charge in [0.1, 0.15) is 11.0 Å². The fourth-order valence-corrected chi connectivity index (χ4v) is 3.04. The van der Waals surface area contributed by atoms with Gasteiger partial charge < -0.3 is 9.64 Å². The Hall–Kier alpha value is -1.48. The number of nitrogens with zero attached hydrogens (tertiary/aromatic N) is 2. The lowest BCUT2D eigenvalue weighted by Crippen LogP contribution is -2.29. The number of anilines is 1. The van der Waals surface area contributed by atoms with E-state index in [1.54, 1.807) is 0 Å². The number of ether oxygens (including phenoxy) is 1. The van der Waals surface area contributed by atoms with Crippen molar-refractivity contribution in [1.29, 1.82) is 5.26 Å². The van der Waals surface area contributed by atoms with Crippen LogP contribution in [0.3, 0.4) is 0 Å². The number of rotatable bonds is 6. The number of nitriles is 1. The Labute approximate surface area is 176 Å². The molecule has 1 fully saturated rings. The molecule has 4 nitrogen and oxygen atoms in total. The molecule has 2 N–H and O–H groups in total. The molecule has 1 aromatic carbocycles. The van der Waals surface area contributed by atoms with Crippen LogP contribution >= 0.6 is 11.9 Å². The molecule has 28 heavy (non-hydrogen) atoms. The Morgan fingerprint density at radius 3 is 2.29 bits per heavy atom. The van der Waals surface area contributed by atoms with Crippen molar-refractivity contribution in [3.63, 3.8) is 0 Å². The zero-order chi connectivity index (χ0) is 21.0. The quantitative estimate of drug-likeness (QED) is 0.466. The van der Waals surface area contributed by atoms with E-state index in [9.17, 15) is 0 Å². The van der Waals surface area contributed by atoms with Gasteiger partial charge in [-0.15, -0.1) is 0 Å². The molecule has 0 bridgehead atoms. The molecule has 1 aliphatic heterocycles. The summed E-state index contributed by atoms with van der Waals surface area (Å²) in [6.07, 6.45) is 6.88. The highest BCUT2D eigenvalue weighted by molar-refractivity contribution is 8.01. The Morgan fingerprint density at radius 1 is 1.21 bits per heavy atom. The molecule has 5 heteroatoms. The second-order valence-corrected chi connectivity index (χ2v) is 9.20. The minimum atomic E-state index is 0.0366. The van der Waals surface area contributed by atoms with Crippen LogP contribution < -0.4 is 10.0 Å². The SMILES string of the molecule is CC(C)CCOC(C)(C)C.N#C/C(=C\c1ccc(N2CCCCC2)cc1)SN. The normalized spacial score (nSPS) is 15.1. The van der Waals surface area contributed by atoms with E-state index in [-0.39, 0.29) is 5.60 Å². The number of allylic oxidation sites excluding steroid dienone is 1. The first-order valence-electron chi connectivity index (χ1n) is 10.2. The molecular formula is C23H37N3OS. The van der Waals surface area contributed by atoms with Gasteiger partial charge >= 0.3 is 0 Å². The Balaban J connectivity index is 0.000000336. The minimum Gasteiger partial charge on any atom is -0.376 e. The van der Waals surface area contributed by atoms with E-state index in [1.165, 1.54) is 24.9 Å². The molecule has 0 saturated carbocycles. The zero-order valence-corrected chi connectivity index (χ0v) is 19.0. The van der Waals surface area contributed by atoms with Crippen LogP contribution in [-0.4, -0.2) is 25.3 Å². The fourth-order valence-electron chi connectivity index (χ4n) is 2.78. The Morgan fingerprint density at radius 2 is 1.82 bits per heavy atom. The monoisotopic (exact) mass is 403 g/mol. The molecule has 0 atom stereocenters. The highest BCUT2D eigenvalue weighted by Crippen LogP contribution is 2.21. The van der Waals surface area contributed by atoms with Crippen LogP contribution in [0.4, 0.5) is 5.69 Å². The molecule has 0 unspecified atom stereocenters. The third-order valence-corrected chi connectivity index (χ3v) is 4.84. The van der Waals surface area contributed by atoms with Gasteiger partial charge in [0.2, 0.25) is 0 Å². The molecule has 0 radical (unpaired) electrons. The van der Waals surface area contributed by atoms with E-state index < -0.39 is 0 Å². The summed E-state index contributed by atoms with van der Waals surface area (Å²) in [7, 11) is 0. The van der Waals surface area contributed by atoms with Crippen LogP contribution in [0.5, 0.6) is 0 Å². The predicted molar refractivity (Wildman–Crippen MR) is 123 cm³/mol. The van der Waals surface area contributed by atoms with E-state index in [4.69, 9.17) is 15.1 Å². The first-order chi connectivity index (χ1) is 13.2. The van der Waals surface area contributed by atoms with Crippen molar-refractivity contribution < 1.29 is 4.74 Å². The molecule has 0 aliphatic carbocycles. The summed E-state index contributed by atoms with van der Waals surface area (Å²) in [5.41, 5.74) is 2.32. The lowest BCUT2D eigenvalue weighted by Gasteiger charge is -2.28. The molecule has 0 aromatic heterocycles. The summed E-state index contributed by atoms with van der Waals surface area (Å²) in [6.45, 7) is 13.9. The van der Waals surface area contributed by atoms with E-state index in [2.05, 4.69) is 57.7 Å². The van der Waals surface area contributed by atoms with E-state index in [0.717, 1.165) is 49.5 Å². The number of benzene rings is 1. The van der Waals surface area contributed by atoms with E-state index in [0.29, 0.717) is 4.91 Å². The summed E-state index contributed by atoms with van der Waals surface area (Å²) in [5, 5.41) is 14.2. The highest BCUT2D eigenvalue weighted by atomic mass is 32.2. The van der Waals surface area contributed by atoms with Gasteiger partial charge in [0, 0.05) is 25.4 Å². The van der Waals surface area contributed by atoms with Crippen LogP contribution in [0.25, 0.3) is 6.08 Å². The first kappa shape index (κ1) is 24.6. The first-order valence-corrected chi connectivity index (χ1v) is 11.1. The number of piperidine rings is 1. The number of hydrogen-bond donors (Lipinski definition) is 1. The Kier molecular flexibility index (Phi) is 11.3. The molecule has 2 rings (SSSR count). The molecule has 1 heterocycles. The highest BCUT2D eigenvalue weighted by Gasteiger charge is 2.10. The van der Waals surface area contributed by atoms with Gasteiger partial charge in [-0.2, -0.15) is 5.26 Å². The van der Waals surface area contributed by atoms with Crippen molar-refractivity contribution in [2.45, 2.75) is 65.9 Å². The molecule has 0 amide bonds. The van der Waals surface area contributed by atoms with Crippen LogP contribution in [0.2, 0.25) is 0 Å². The second kappa shape index (κ2) is 12.9. The van der Waals surface area contributed by atoms with Gasteiger partial charge in [0.05, 0.1) is 5.60 Å². The van der Waals surface area contributed by atoms with Gasteiger partial charge in [-0.1, -0.05) is 26.0 Å². The van der Waals surface area contributed by atoms with Crippen molar-refractivity contribution in [3.05, 3.63) is 34.7 Å². The van der Waals surface area contributed by atoms with E-state index in [1.807, 2.05) is 18.2 Å². The summed E-state index contributed by atoms with van der Waals surface area (Å²) in [4.78, 5) is 2.94. The van der Waals surface area contributed by atoms with Crippen molar-refractivity contribution in [3.8, 4) is 6.07 Å². The van der Waals surface area contributed by atoms with Gasteiger partial charge in [0.15, 0.2) is 0 Å². The van der Waals surface area contributed by atoms with Crippen molar-refractivity contribution in [1.82, 2.24) is 0 Å². The van der Waals surface area contributed by atoms with Crippen molar-refractivity contribution in [2.24, 2.45) is 11.1 Å². The van der Waals surface area contributed by atoms with Crippen LogP contribution in [0.1, 0.15) is 65.9 Å². The minimum absolute atomic E-state index is 0.0366. The molecule has 1 aliphatic rings. The van der Waals surface area contributed by atoms with Crippen LogP contribution in [0.15, 0.2) is 29.2 Å². The third kappa shape index (κ3) is 10.8. The maximum atomic E-state index is 8.82. The average Bonchev–Trinajstić information content (AvgIpc) is 2.66. The molecule has 0 spiro atoms. The Bertz CT molecular complexity index is 621. The maximum Gasteiger partial charge on any atom is 0.107 e. The largest absolute Gasteiger partial charge is 0.376 e. The molecule has 1 aromatic rings. The number of hydrogen-bond acceptors (Lipinski definition) is 5. The standard InChI is InChI=1S/C14H17N3S.C9H20O/c15-11-14(18-16)10-12-4-6-13(7-5-12)17-8-2-1-3-9-17;1-8(2)6-7-10-9(3,4)5/h4-7,10H,1-3,8-9,16H2;8H,6-7H2,1-5H3/b14-10+;. The smallest absolute Gasteiger partial charge is 0.107 e. The second-order valence-electron chi connectivity index (χ2n) is 8.52. The predicted octanol–water partition coefficient (Wildman–Crippen LogP) is 6.00. The summed E-state index contributed by atoms with van der Waals surface area (Å²) in [6, 6.07) is 10.4. The van der Waals surface area contributed by atoms with Crippen LogP contribution in [-0.2, 0) is 4.74 Å². The van der Waals surface area contributed by atoms with Gasteiger partial charge in [-0.05, 0) is 88.1 Å². The van der Waals surface area contributed by atoms with Crippen molar-refractivity contribution in [2.75, 3.05) is 24.6 Å². The lowest BCUT2D eigenvalue weighted by molar-refractivity contribution is -0.00774. The van der Waals surface area contributed by atoms with Gasteiger partial charge in [-0.3, -0.25) is 5.14 Å².